The molecule has 3 heterocycles. The first-order valence-electron chi connectivity index (χ1n) is 7.07. The van der Waals surface area contributed by atoms with E-state index in [1.807, 2.05) is 27.6 Å². The molecule has 2 aromatic rings. The van der Waals surface area contributed by atoms with Crippen LogP contribution in [0.25, 0.3) is 0 Å². The van der Waals surface area contributed by atoms with Crippen LogP contribution in [0.4, 0.5) is 0 Å². The van der Waals surface area contributed by atoms with Crippen LogP contribution in [0.3, 0.4) is 0 Å². The Morgan fingerprint density at radius 2 is 1.90 bits per heavy atom. The minimum Gasteiger partial charge on any atom is -0.333 e. The third kappa shape index (κ3) is 2.58. The molecule has 4 heteroatoms. The molecule has 1 amide bonds. The second-order valence-corrected chi connectivity index (χ2v) is 8.38. The van der Waals surface area contributed by atoms with E-state index in [1.54, 1.807) is 0 Å². The van der Waals surface area contributed by atoms with Gasteiger partial charge in [0.1, 0.15) is 0 Å². The van der Waals surface area contributed by atoms with Crippen LogP contribution in [0.1, 0.15) is 36.6 Å². The lowest BCUT2D eigenvalue weighted by atomic mass is 9.88. The van der Waals surface area contributed by atoms with Gasteiger partial charge in [-0.2, -0.15) is 0 Å². The molecule has 1 atom stereocenters. The molecule has 0 aromatic carbocycles. The number of amides is 1. The van der Waals surface area contributed by atoms with Crippen molar-refractivity contribution in [3.63, 3.8) is 0 Å². The number of hydrogen-bond acceptors (Lipinski definition) is 3. The summed E-state index contributed by atoms with van der Waals surface area (Å²) in [4.78, 5) is 19.3. The highest BCUT2D eigenvalue weighted by Gasteiger charge is 2.31. The Labute approximate surface area is 133 Å². The molecule has 0 aliphatic carbocycles. The molecule has 3 rings (SSSR count). The first-order valence-corrected chi connectivity index (χ1v) is 8.70. The molecule has 0 bridgehead atoms. The third-order valence-corrected chi connectivity index (χ3v) is 6.05. The Morgan fingerprint density at radius 1 is 1.24 bits per heavy atom. The van der Waals surface area contributed by atoms with Gasteiger partial charge in [0.25, 0.3) is 0 Å². The Kier molecular flexibility index (Phi) is 3.76. The molecule has 2 aromatic heterocycles. The Bertz CT molecular complexity index is 710. The molecule has 0 spiro atoms. The van der Waals surface area contributed by atoms with Crippen molar-refractivity contribution in [3.8, 4) is 0 Å². The minimum absolute atomic E-state index is 0.0290. The molecule has 0 fully saturated rings. The molecule has 1 aliphatic heterocycles. The fraction of sp³-hybridized carbons (Fsp3) is 0.353. The third-order valence-electron chi connectivity index (χ3n) is 4.02. The van der Waals surface area contributed by atoms with Crippen molar-refractivity contribution >= 4 is 28.6 Å². The van der Waals surface area contributed by atoms with Gasteiger partial charge in [-0.15, -0.1) is 22.7 Å². The molecule has 0 saturated heterocycles. The van der Waals surface area contributed by atoms with Crippen LogP contribution in [-0.2, 0) is 11.3 Å². The summed E-state index contributed by atoms with van der Waals surface area (Å²) in [6.45, 7) is 11.6. The predicted octanol–water partition coefficient (Wildman–Crippen LogP) is 4.39. The number of carbonyl (C=O) groups excluding carboxylic acids is 1. The Balaban J connectivity index is 2.07. The smallest absolute Gasteiger partial charge is 0.246 e. The minimum atomic E-state index is 0.0290. The van der Waals surface area contributed by atoms with Gasteiger partial charge in [0, 0.05) is 32.0 Å². The van der Waals surface area contributed by atoms with Crippen LogP contribution < -0.4 is 0 Å². The van der Waals surface area contributed by atoms with Gasteiger partial charge in [-0.25, -0.2) is 0 Å². The van der Waals surface area contributed by atoms with Crippen molar-refractivity contribution in [1.82, 2.24) is 4.90 Å². The predicted molar refractivity (Wildman–Crippen MR) is 90.3 cm³/mol. The summed E-state index contributed by atoms with van der Waals surface area (Å²) >= 11 is 3.65. The van der Waals surface area contributed by atoms with E-state index in [-0.39, 0.29) is 5.91 Å². The summed E-state index contributed by atoms with van der Waals surface area (Å²) in [6.07, 6.45) is 1.42. The summed E-state index contributed by atoms with van der Waals surface area (Å²) in [5.41, 5.74) is 2.78. The van der Waals surface area contributed by atoms with Crippen molar-refractivity contribution in [1.29, 1.82) is 0 Å². The van der Waals surface area contributed by atoms with E-state index in [0.717, 1.165) is 13.1 Å². The van der Waals surface area contributed by atoms with E-state index >= 15 is 0 Å². The average Bonchev–Trinajstić information content (AvgIpc) is 2.97. The standard InChI is InChI=1S/C17H19NOS2/c1-5-17(19)18-8-15(13-6-10(2)20-12(13)4)14-7-11(3)21-16(14)9-18/h5-7,15H,1,8-9H2,2-4H3/t15-/m1/s1. The molecule has 0 radical (unpaired) electrons. The van der Waals surface area contributed by atoms with Gasteiger partial charge in [-0.3, -0.25) is 4.79 Å². The quantitative estimate of drug-likeness (QED) is 0.752. The topological polar surface area (TPSA) is 20.3 Å². The van der Waals surface area contributed by atoms with Gasteiger partial charge in [0.05, 0.1) is 6.54 Å². The lowest BCUT2D eigenvalue weighted by Crippen LogP contribution is -2.36. The van der Waals surface area contributed by atoms with Crippen LogP contribution in [0.15, 0.2) is 24.8 Å². The maximum atomic E-state index is 12.1. The number of nitrogens with zero attached hydrogens (tertiary/aromatic N) is 1. The Morgan fingerprint density at radius 3 is 2.52 bits per heavy atom. The van der Waals surface area contributed by atoms with Crippen LogP contribution in [-0.4, -0.2) is 17.4 Å². The molecular formula is C17H19NOS2. The molecule has 0 unspecified atom stereocenters. The molecule has 0 N–H and O–H groups in total. The number of carbonyl (C=O) groups is 1. The van der Waals surface area contributed by atoms with E-state index < -0.39 is 0 Å². The van der Waals surface area contributed by atoms with Gasteiger partial charge >= 0.3 is 0 Å². The summed E-state index contributed by atoms with van der Waals surface area (Å²) in [5, 5.41) is 0. The maximum absolute atomic E-state index is 12.1. The maximum Gasteiger partial charge on any atom is 0.246 e. The highest BCUT2D eigenvalue weighted by molar-refractivity contribution is 7.12. The van der Waals surface area contributed by atoms with E-state index in [0.29, 0.717) is 5.92 Å². The second kappa shape index (κ2) is 5.43. The SMILES string of the molecule is C=CC(=O)N1Cc2sc(C)cc2[C@@H](c2cc(C)sc2C)C1. The van der Waals surface area contributed by atoms with Crippen molar-refractivity contribution in [2.75, 3.05) is 6.54 Å². The van der Waals surface area contributed by atoms with Gasteiger partial charge in [0.2, 0.25) is 5.91 Å². The fourth-order valence-corrected chi connectivity index (χ4v) is 5.22. The van der Waals surface area contributed by atoms with E-state index in [4.69, 9.17) is 0 Å². The number of hydrogen-bond donors (Lipinski definition) is 0. The largest absolute Gasteiger partial charge is 0.333 e. The van der Waals surface area contributed by atoms with Crippen LogP contribution >= 0.6 is 22.7 Å². The first kappa shape index (κ1) is 14.5. The normalized spacial score (nSPS) is 17.7. The van der Waals surface area contributed by atoms with E-state index in [2.05, 4.69) is 39.5 Å². The monoisotopic (exact) mass is 317 g/mol. The summed E-state index contributed by atoms with van der Waals surface area (Å²) in [7, 11) is 0. The highest BCUT2D eigenvalue weighted by Crippen LogP contribution is 2.41. The Hall–Kier alpha value is -1.39. The molecular weight excluding hydrogens is 298 g/mol. The lowest BCUT2D eigenvalue weighted by Gasteiger charge is -2.32. The summed E-state index contributed by atoms with van der Waals surface area (Å²) < 4.78 is 0. The van der Waals surface area contributed by atoms with Crippen LogP contribution in [0.5, 0.6) is 0 Å². The van der Waals surface area contributed by atoms with E-state index in [9.17, 15) is 4.79 Å². The number of rotatable bonds is 2. The number of aryl methyl sites for hydroxylation is 3. The molecule has 0 saturated carbocycles. The van der Waals surface area contributed by atoms with Crippen molar-refractivity contribution in [2.24, 2.45) is 0 Å². The summed E-state index contributed by atoms with van der Waals surface area (Å²) in [5.74, 6) is 0.328. The number of fused-ring (bicyclic) bond motifs is 1. The van der Waals surface area contributed by atoms with Gasteiger partial charge in [-0.1, -0.05) is 6.58 Å². The first-order chi connectivity index (χ1) is 9.99. The molecule has 21 heavy (non-hydrogen) atoms. The van der Waals surface area contributed by atoms with Crippen molar-refractivity contribution < 1.29 is 4.79 Å². The molecule has 110 valence electrons. The molecule has 2 nitrogen and oxygen atoms in total. The van der Waals surface area contributed by atoms with E-state index in [1.165, 1.54) is 36.7 Å². The average molecular weight is 317 g/mol. The lowest BCUT2D eigenvalue weighted by molar-refractivity contribution is -0.127. The van der Waals surface area contributed by atoms with Crippen LogP contribution in [0, 0.1) is 20.8 Å². The van der Waals surface area contributed by atoms with Gasteiger partial charge in [-0.05, 0) is 50.1 Å². The van der Waals surface area contributed by atoms with Crippen molar-refractivity contribution in [3.05, 3.63) is 55.4 Å². The zero-order valence-electron chi connectivity index (χ0n) is 12.6. The molecule has 1 aliphatic rings. The zero-order chi connectivity index (χ0) is 15.1. The highest BCUT2D eigenvalue weighted by atomic mass is 32.1. The summed E-state index contributed by atoms with van der Waals surface area (Å²) in [6, 6.07) is 4.58. The second-order valence-electron chi connectivity index (χ2n) is 5.58. The van der Waals surface area contributed by atoms with Crippen molar-refractivity contribution in [2.45, 2.75) is 33.2 Å². The zero-order valence-corrected chi connectivity index (χ0v) is 14.2. The fourth-order valence-electron chi connectivity index (χ4n) is 3.12. The van der Waals surface area contributed by atoms with Crippen LogP contribution in [0.2, 0.25) is 0 Å². The van der Waals surface area contributed by atoms with Gasteiger partial charge in [0.15, 0.2) is 0 Å². The number of thiophene rings is 2. The van der Waals surface area contributed by atoms with Gasteiger partial charge < -0.3 is 4.90 Å².